The van der Waals surface area contributed by atoms with Crippen LogP contribution in [0.15, 0.2) is 48.5 Å². The average Bonchev–Trinajstić information content (AvgIpc) is 2.51. The predicted molar refractivity (Wildman–Crippen MR) is 109 cm³/mol. The standard InChI is InChI=1S/C24H34O/c1-18(20-10-8-19(9-11-20)16-23(2,3)4)21-12-14-22(15-13-21)25-17-24(5,6)7/h8-15,18H,16-17H2,1-7H3. The van der Waals surface area contributed by atoms with Gasteiger partial charge >= 0.3 is 0 Å². The third kappa shape index (κ3) is 6.57. The molecule has 0 heterocycles. The Morgan fingerprint density at radius 3 is 1.64 bits per heavy atom. The van der Waals surface area contributed by atoms with Crippen molar-refractivity contribution in [3.63, 3.8) is 0 Å². The number of ether oxygens (including phenoxy) is 1. The van der Waals surface area contributed by atoms with Crippen LogP contribution >= 0.6 is 0 Å². The van der Waals surface area contributed by atoms with Crippen LogP contribution in [0, 0.1) is 10.8 Å². The molecule has 0 N–H and O–H groups in total. The van der Waals surface area contributed by atoms with Crippen molar-refractivity contribution in [1.82, 2.24) is 0 Å². The van der Waals surface area contributed by atoms with E-state index in [4.69, 9.17) is 4.74 Å². The van der Waals surface area contributed by atoms with Gasteiger partial charge in [0, 0.05) is 5.92 Å². The molecule has 0 aromatic heterocycles. The maximum atomic E-state index is 5.87. The Hall–Kier alpha value is -1.76. The van der Waals surface area contributed by atoms with Crippen molar-refractivity contribution in [2.75, 3.05) is 6.61 Å². The summed E-state index contributed by atoms with van der Waals surface area (Å²) in [5, 5.41) is 0. The summed E-state index contributed by atoms with van der Waals surface area (Å²) in [5.41, 5.74) is 4.61. The van der Waals surface area contributed by atoms with Crippen molar-refractivity contribution in [2.24, 2.45) is 10.8 Å². The van der Waals surface area contributed by atoms with Crippen molar-refractivity contribution < 1.29 is 4.74 Å². The Kier molecular flexibility index (Phi) is 5.98. The highest BCUT2D eigenvalue weighted by Crippen LogP contribution is 2.28. The summed E-state index contributed by atoms with van der Waals surface area (Å²) in [6.45, 7) is 16.4. The third-order valence-corrected chi connectivity index (χ3v) is 4.27. The zero-order valence-corrected chi connectivity index (χ0v) is 17.0. The Morgan fingerprint density at radius 2 is 1.20 bits per heavy atom. The summed E-state index contributed by atoms with van der Waals surface area (Å²) >= 11 is 0. The van der Waals surface area contributed by atoms with Crippen LogP contribution in [0.25, 0.3) is 0 Å². The highest BCUT2D eigenvalue weighted by atomic mass is 16.5. The minimum absolute atomic E-state index is 0.181. The smallest absolute Gasteiger partial charge is 0.119 e. The maximum absolute atomic E-state index is 5.87. The Balaban J connectivity index is 2.03. The molecule has 0 saturated carbocycles. The molecular formula is C24H34O. The fraction of sp³-hybridized carbons (Fsp3) is 0.500. The molecule has 25 heavy (non-hydrogen) atoms. The first-order chi connectivity index (χ1) is 11.5. The molecule has 1 heteroatoms. The van der Waals surface area contributed by atoms with Gasteiger partial charge in [-0.25, -0.2) is 0 Å². The molecule has 0 aliphatic carbocycles. The summed E-state index contributed by atoms with van der Waals surface area (Å²) in [4.78, 5) is 0. The van der Waals surface area contributed by atoms with Crippen LogP contribution in [0.5, 0.6) is 5.75 Å². The quantitative estimate of drug-likeness (QED) is 0.579. The summed E-state index contributed by atoms with van der Waals surface area (Å²) in [5.74, 6) is 1.34. The van der Waals surface area contributed by atoms with Gasteiger partial charge in [-0.3, -0.25) is 0 Å². The maximum Gasteiger partial charge on any atom is 0.119 e. The van der Waals surface area contributed by atoms with Crippen molar-refractivity contribution in [3.8, 4) is 5.75 Å². The molecule has 0 aliphatic rings. The highest BCUT2D eigenvalue weighted by Gasteiger charge is 2.14. The van der Waals surface area contributed by atoms with Gasteiger partial charge in [-0.2, -0.15) is 0 Å². The van der Waals surface area contributed by atoms with Crippen LogP contribution in [0.3, 0.4) is 0 Å². The molecule has 2 rings (SSSR count). The van der Waals surface area contributed by atoms with Crippen LogP contribution in [0.1, 0.15) is 71.1 Å². The molecular weight excluding hydrogens is 304 g/mol. The van der Waals surface area contributed by atoms with Crippen molar-refractivity contribution >= 4 is 0 Å². The lowest BCUT2D eigenvalue weighted by Gasteiger charge is -2.20. The van der Waals surface area contributed by atoms with E-state index in [0.717, 1.165) is 18.8 Å². The van der Waals surface area contributed by atoms with Crippen molar-refractivity contribution in [2.45, 2.75) is 60.8 Å². The van der Waals surface area contributed by atoms with Gasteiger partial charge in [0.15, 0.2) is 0 Å². The molecule has 0 fully saturated rings. The van der Waals surface area contributed by atoms with Crippen molar-refractivity contribution in [1.29, 1.82) is 0 Å². The SMILES string of the molecule is CC(c1ccc(CC(C)(C)C)cc1)c1ccc(OCC(C)(C)C)cc1. The van der Waals surface area contributed by atoms with E-state index in [1.54, 1.807) is 0 Å². The van der Waals surface area contributed by atoms with Crippen LogP contribution in [0.2, 0.25) is 0 Å². The molecule has 0 radical (unpaired) electrons. The van der Waals surface area contributed by atoms with Gasteiger partial charge in [0.1, 0.15) is 5.75 Å². The molecule has 2 aromatic rings. The Bertz CT molecular complexity index is 651. The zero-order valence-electron chi connectivity index (χ0n) is 17.0. The van der Waals surface area contributed by atoms with Crippen LogP contribution in [-0.4, -0.2) is 6.61 Å². The first-order valence-electron chi connectivity index (χ1n) is 9.35. The van der Waals surface area contributed by atoms with E-state index < -0.39 is 0 Å². The topological polar surface area (TPSA) is 9.23 Å². The van der Waals surface area contributed by atoms with E-state index in [1.807, 2.05) is 0 Å². The van der Waals surface area contributed by atoms with Crippen molar-refractivity contribution in [3.05, 3.63) is 65.2 Å². The Morgan fingerprint density at radius 1 is 0.720 bits per heavy atom. The summed E-state index contributed by atoms with van der Waals surface area (Å²) in [6, 6.07) is 17.6. The predicted octanol–water partition coefficient (Wildman–Crippen LogP) is 6.85. The lowest BCUT2D eigenvalue weighted by atomic mass is 9.86. The van der Waals surface area contributed by atoms with Gasteiger partial charge in [0.25, 0.3) is 0 Å². The molecule has 0 bridgehead atoms. The number of hydrogen-bond acceptors (Lipinski definition) is 1. The van der Waals surface area contributed by atoms with Gasteiger partial charge in [0.2, 0.25) is 0 Å². The molecule has 0 aliphatic heterocycles. The van der Waals surface area contributed by atoms with Crippen LogP contribution < -0.4 is 4.74 Å². The van der Waals surface area contributed by atoms with Gasteiger partial charge in [-0.05, 0) is 46.1 Å². The van der Waals surface area contributed by atoms with Gasteiger partial charge < -0.3 is 4.74 Å². The van der Waals surface area contributed by atoms with Gasteiger partial charge in [-0.15, -0.1) is 0 Å². The van der Waals surface area contributed by atoms with E-state index in [1.165, 1.54) is 16.7 Å². The van der Waals surface area contributed by atoms with E-state index in [-0.39, 0.29) is 5.41 Å². The van der Waals surface area contributed by atoms with E-state index in [2.05, 4.69) is 97.0 Å². The number of rotatable bonds is 5. The number of hydrogen-bond donors (Lipinski definition) is 0. The van der Waals surface area contributed by atoms with Gasteiger partial charge in [-0.1, -0.05) is 84.9 Å². The molecule has 0 spiro atoms. The third-order valence-electron chi connectivity index (χ3n) is 4.27. The van der Waals surface area contributed by atoms with Gasteiger partial charge in [0.05, 0.1) is 6.61 Å². The molecule has 0 amide bonds. The lowest BCUT2D eigenvalue weighted by molar-refractivity contribution is 0.198. The van der Waals surface area contributed by atoms with Crippen LogP contribution in [-0.2, 0) is 6.42 Å². The molecule has 1 unspecified atom stereocenters. The molecule has 2 aromatic carbocycles. The Labute approximate surface area is 154 Å². The molecule has 1 atom stereocenters. The second kappa shape index (κ2) is 7.64. The highest BCUT2D eigenvalue weighted by molar-refractivity contribution is 5.36. The summed E-state index contributed by atoms with van der Waals surface area (Å²) in [7, 11) is 0. The largest absolute Gasteiger partial charge is 0.493 e. The lowest BCUT2D eigenvalue weighted by Crippen LogP contribution is -2.16. The minimum Gasteiger partial charge on any atom is -0.493 e. The normalized spacial score (nSPS) is 13.6. The molecule has 136 valence electrons. The summed E-state index contributed by atoms with van der Waals surface area (Å²) < 4.78 is 5.87. The first kappa shape index (κ1) is 19.6. The van der Waals surface area contributed by atoms with Crippen LogP contribution in [0.4, 0.5) is 0 Å². The monoisotopic (exact) mass is 338 g/mol. The first-order valence-corrected chi connectivity index (χ1v) is 9.35. The fourth-order valence-corrected chi connectivity index (χ4v) is 2.88. The van der Waals surface area contributed by atoms with E-state index in [0.29, 0.717) is 11.3 Å². The second-order valence-corrected chi connectivity index (χ2v) is 9.62. The minimum atomic E-state index is 0.181. The molecule has 0 saturated heterocycles. The second-order valence-electron chi connectivity index (χ2n) is 9.62. The molecule has 1 nitrogen and oxygen atoms in total. The van der Waals surface area contributed by atoms with E-state index in [9.17, 15) is 0 Å². The zero-order chi connectivity index (χ0) is 18.7. The number of benzene rings is 2. The summed E-state index contributed by atoms with van der Waals surface area (Å²) in [6.07, 6.45) is 1.11. The van der Waals surface area contributed by atoms with E-state index >= 15 is 0 Å². The average molecular weight is 339 g/mol. The fourth-order valence-electron chi connectivity index (χ4n) is 2.88.